The van der Waals surface area contributed by atoms with Gasteiger partial charge in [0, 0.05) is 47.1 Å². The van der Waals surface area contributed by atoms with Crippen molar-refractivity contribution in [3.05, 3.63) is 42.5 Å². The van der Waals surface area contributed by atoms with Crippen molar-refractivity contribution in [2.75, 3.05) is 24.7 Å². The molecule has 1 aliphatic rings. The van der Waals surface area contributed by atoms with Crippen LogP contribution in [0.2, 0.25) is 0 Å². The fourth-order valence-electron chi connectivity index (χ4n) is 4.46. The van der Waals surface area contributed by atoms with Crippen molar-refractivity contribution in [3.63, 3.8) is 0 Å². The van der Waals surface area contributed by atoms with E-state index < -0.39 is 33.9 Å². The summed E-state index contributed by atoms with van der Waals surface area (Å²) >= 11 is 0. The maximum absolute atomic E-state index is 12.7. The molecule has 0 spiro atoms. The minimum absolute atomic E-state index is 0.282. The number of anilines is 1. The van der Waals surface area contributed by atoms with E-state index in [0.717, 1.165) is 34.6 Å². The molecule has 4 rings (SSSR count). The maximum atomic E-state index is 12.7. The third kappa shape index (κ3) is 4.74. The molecule has 0 saturated carbocycles. The summed E-state index contributed by atoms with van der Waals surface area (Å²) in [5.41, 5.74) is 2.87. The van der Waals surface area contributed by atoms with Gasteiger partial charge in [-0.15, -0.1) is 0 Å². The second kappa shape index (κ2) is 9.15. The maximum Gasteiger partial charge on any atom is 0.309 e. The summed E-state index contributed by atoms with van der Waals surface area (Å²) in [4.78, 5) is 25.2. The molecular weight excluding hydrogens is 442 g/mol. The van der Waals surface area contributed by atoms with E-state index in [9.17, 15) is 18.0 Å². The van der Waals surface area contributed by atoms with Crippen LogP contribution in [0.15, 0.2) is 42.5 Å². The normalized spacial score (nSPS) is 16.7. The molecule has 33 heavy (non-hydrogen) atoms. The molecule has 8 nitrogen and oxygen atoms in total. The number of ether oxygens (including phenoxy) is 1. The lowest BCUT2D eigenvalue weighted by molar-refractivity contribution is -0.158. The summed E-state index contributed by atoms with van der Waals surface area (Å²) in [7, 11) is -3.26. The largest absolute Gasteiger partial charge is 0.452 e. The number of carbonyl (C=O) groups is 2. The number of para-hydroxylation sites is 1. The minimum atomic E-state index is -3.26. The van der Waals surface area contributed by atoms with Crippen LogP contribution in [0.5, 0.6) is 0 Å². The molecule has 9 heteroatoms. The lowest BCUT2D eigenvalue weighted by atomic mass is 9.98. The first-order valence-corrected chi connectivity index (χ1v) is 13.0. The van der Waals surface area contributed by atoms with Gasteiger partial charge in [0.2, 0.25) is 10.0 Å². The van der Waals surface area contributed by atoms with Gasteiger partial charge in [0.25, 0.3) is 5.91 Å². The van der Waals surface area contributed by atoms with Gasteiger partial charge in [-0.05, 0) is 51.0 Å². The van der Waals surface area contributed by atoms with E-state index in [2.05, 4.69) is 28.9 Å². The fourth-order valence-corrected chi connectivity index (χ4v) is 5.34. The van der Waals surface area contributed by atoms with Gasteiger partial charge in [0.1, 0.15) is 0 Å². The quantitative estimate of drug-likeness (QED) is 0.556. The number of fused-ring (bicyclic) bond motifs is 3. The van der Waals surface area contributed by atoms with E-state index in [4.69, 9.17) is 4.74 Å². The zero-order valence-corrected chi connectivity index (χ0v) is 19.9. The van der Waals surface area contributed by atoms with E-state index in [1.807, 2.05) is 30.3 Å². The Kier molecular flexibility index (Phi) is 6.45. The van der Waals surface area contributed by atoms with Crippen LogP contribution >= 0.6 is 0 Å². The SMILES string of the molecule is CCn1c2ccccc2c2cc(NC(=O)C(C)OC(=O)C3CCN(S(C)(=O)=O)CC3)ccc21. The highest BCUT2D eigenvalue weighted by molar-refractivity contribution is 7.88. The van der Waals surface area contributed by atoms with E-state index in [1.165, 1.54) is 4.31 Å². The molecule has 1 aliphatic heterocycles. The molecule has 1 saturated heterocycles. The molecule has 0 radical (unpaired) electrons. The number of carbonyl (C=O) groups excluding carboxylic acids is 2. The van der Waals surface area contributed by atoms with Gasteiger partial charge < -0.3 is 14.6 Å². The van der Waals surface area contributed by atoms with Gasteiger partial charge in [-0.3, -0.25) is 9.59 Å². The molecule has 1 fully saturated rings. The zero-order chi connectivity index (χ0) is 23.8. The van der Waals surface area contributed by atoms with Crippen LogP contribution in [0.1, 0.15) is 26.7 Å². The summed E-state index contributed by atoms with van der Waals surface area (Å²) in [6.45, 7) is 5.05. The Morgan fingerprint density at radius 1 is 1.09 bits per heavy atom. The van der Waals surface area contributed by atoms with Gasteiger partial charge in [-0.25, -0.2) is 12.7 Å². The summed E-state index contributed by atoms with van der Waals surface area (Å²) in [5, 5.41) is 5.01. The average molecular weight is 472 g/mol. The highest BCUT2D eigenvalue weighted by Crippen LogP contribution is 2.31. The molecule has 1 aromatic heterocycles. The zero-order valence-electron chi connectivity index (χ0n) is 19.1. The number of aromatic nitrogens is 1. The number of rotatable bonds is 6. The van der Waals surface area contributed by atoms with Crippen LogP contribution in [0.25, 0.3) is 21.8 Å². The number of amides is 1. The van der Waals surface area contributed by atoms with E-state index in [1.54, 1.807) is 6.92 Å². The first kappa shape index (κ1) is 23.3. The molecule has 2 heterocycles. The summed E-state index contributed by atoms with van der Waals surface area (Å²) < 4.78 is 32.3. The fraction of sp³-hybridized carbons (Fsp3) is 0.417. The van der Waals surface area contributed by atoms with Crippen LogP contribution in [0, 0.1) is 5.92 Å². The van der Waals surface area contributed by atoms with Crippen LogP contribution in [-0.2, 0) is 30.9 Å². The molecule has 0 aliphatic carbocycles. The number of sulfonamides is 1. The standard InChI is InChI=1S/C24H29N3O5S/c1-4-27-21-8-6-5-7-19(21)20-15-18(9-10-22(20)27)25-23(28)16(2)32-24(29)17-11-13-26(14-12-17)33(3,30)31/h5-10,15-17H,4,11-14H2,1-3H3,(H,25,28). The minimum Gasteiger partial charge on any atom is -0.452 e. The lowest BCUT2D eigenvalue weighted by Gasteiger charge is -2.29. The molecule has 0 bridgehead atoms. The third-order valence-electron chi connectivity index (χ3n) is 6.27. The van der Waals surface area contributed by atoms with E-state index >= 15 is 0 Å². The number of hydrogen-bond acceptors (Lipinski definition) is 5. The number of piperidine rings is 1. The highest BCUT2D eigenvalue weighted by Gasteiger charge is 2.31. The summed E-state index contributed by atoms with van der Waals surface area (Å²) in [6.07, 6.45) is 0.977. The lowest BCUT2D eigenvalue weighted by Crippen LogP contribution is -2.41. The Balaban J connectivity index is 1.42. The van der Waals surface area contributed by atoms with Crippen LogP contribution in [0.3, 0.4) is 0 Å². The van der Waals surface area contributed by atoms with Crippen molar-refractivity contribution >= 4 is 49.4 Å². The van der Waals surface area contributed by atoms with Crippen molar-refractivity contribution in [2.45, 2.75) is 39.3 Å². The Morgan fingerprint density at radius 2 is 1.76 bits per heavy atom. The first-order chi connectivity index (χ1) is 15.7. The predicted molar refractivity (Wildman–Crippen MR) is 128 cm³/mol. The Hall–Kier alpha value is -2.91. The summed E-state index contributed by atoms with van der Waals surface area (Å²) in [6, 6.07) is 13.9. The first-order valence-electron chi connectivity index (χ1n) is 11.2. The summed E-state index contributed by atoms with van der Waals surface area (Å²) in [5.74, 6) is -1.28. The molecule has 3 aromatic rings. The van der Waals surface area contributed by atoms with Crippen molar-refractivity contribution in [1.82, 2.24) is 8.87 Å². The van der Waals surface area contributed by atoms with E-state index in [-0.39, 0.29) is 13.1 Å². The van der Waals surface area contributed by atoms with Gasteiger partial charge >= 0.3 is 5.97 Å². The molecular formula is C24H29N3O5S. The second-order valence-electron chi connectivity index (χ2n) is 8.50. The van der Waals surface area contributed by atoms with Gasteiger partial charge in [-0.1, -0.05) is 18.2 Å². The van der Waals surface area contributed by atoms with Gasteiger partial charge in [0.15, 0.2) is 6.10 Å². The second-order valence-corrected chi connectivity index (χ2v) is 10.5. The average Bonchev–Trinajstić information content (AvgIpc) is 3.11. The van der Waals surface area contributed by atoms with E-state index in [0.29, 0.717) is 18.5 Å². The molecule has 1 atom stereocenters. The van der Waals surface area contributed by atoms with Crippen molar-refractivity contribution in [3.8, 4) is 0 Å². The van der Waals surface area contributed by atoms with Gasteiger partial charge in [0.05, 0.1) is 12.2 Å². The van der Waals surface area contributed by atoms with Crippen molar-refractivity contribution < 1.29 is 22.7 Å². The number of nitrogens with zero attached hydrogens (tertiary/aromatic N) is 2. The molecule has 1 N–H and O–H groups in total. The van der Waals surface area contributed by atoms with Crippen LogP contribution < -0.4 is 5.32 Å². The Bertz CT molecular complexity index is 1310. The van der Waals surface area contributed by atoms with Crippen LogP contribution in [0.4, 0.5) is 5.69 Å². The molecule has 176 valence electrons. The topological polar surface area (TPSA) is 97.7 Å². The van der Waals surface area contributed by atoms with Crippen LogP contribution in [-0.4, -0.2) is 54.6 Å². The molecule has 2 aromatic carbocycles. The Morgan fingerprint density at radius 3 is 2.42 bits per heavy atom. The number of hydrogen-bond donors (Lipinski definition) is 1. The Labute approximate surface area is 193 Å². The van der Waals surface area contributed by atoms with Crippen molar-refractivity contribution in [1.29, 1.82) is 0 Å². The monoisotopic (exact) mass is 471 g/mol. The molecule has 1 amide bonds. The number of benzene rings is 2. The van der Waals surface area contributed by atoms with Crippen molar-refractivity contribution in [2.24, 2.45) is 5.92 Å². The predicted octanol–water partition coefficient (Wildman–Crippen LogP) is 3.36. The number of nitrogens with one attached hydrogen (secondary N) is 1. The highest BCUT2D eigenvalue weighted by atomic mass is 32.2. The smallest absolute Gasteiger partial charge is 0.309 e. The third-order valence-corrected chi connectivity index (χ3v) is 7.58. The molecule has 1 unspecified atom stereocenters. The number of esters is 1. The van der Waals surface area contributed by atoms with Gasteiger partial charge in [-0.2, -0.15) is 0 Å². The number of aryl methyl sites for hydroxylation is 1.